The predicted octanol–water partition coefficient (Wildman–Crippen LogP) is 4.66. The van der Waals surface area contributed by atoms with Crippen LogP contribution in [0.3, 0.4) is 0 Å². The van der Waals surface area contributed by atoms with E-state index in [0.29, 0.717) is 10.7 Å². The van der Waals surface area contributed by atoms with Gasteiger partial charge in [-0.1, -0.05) is 29.8 Å². The molecule has 33 heavy (non-hydrogen) atoms. The fraction of sp³-hybridized carbons (Fsp3) is 0.240. The van der Waals surface area contributed by atoms with Crippen molar-refractivity contribution in [2.75, 3.05) is 24.0 Å². The maximum Gasteiger partial charge on any atom is 0.264 e. The lowest BCUT2D eigenvalue weighted by molar-refractivity contribution is -0.119. The summed E-state index contributed by atoms with van der Waals surface area (Å²) in [5.74, 6) is 0.298. The van der Waals surface area contributed by atoms with Crippen molar-refractivity contribution in [1.82, 2.24) is 5.32 Å². The van der Waals surface area contributed by atoms with E-state index in [4.69, 9.17) is 16.3 Å². The van der Waals surface area contributed by atoms with Crippen LogP contribution in [0, 0.1) is 20.8 Å². The molecule has 1 N–H and O–H groups in total. The number of amides is 1. The average molecular weight is 487 g/mol. The fourth-order valence-electron chi connectivity index (χ4n) is 3.39. The van der Waals surface area contributed by atoms with E-state index in [-0.39, 0.29) is 24.6 Å². The number of aryl methyl sites for hydroxylation is 3. The number of nitrogens with one attached hydrogen (secondary N) is 1. The molecule has 6 nitrogen and oxygen atoms in total. The van der Waals surface area contributed by atoms with Crippen molar-refractivity contribution < 1.29 is 17.9 Å². The van der Waals surface area contributed by atoms with Crippen molar-refractivity contribution in [3.63, 3.8) is 0 Å². The number of rotatable bonds is 9. The van der Waals surface area contributed by atoms with Gasteiger partial charge in [0.2, 0.25) is 5.91 Å². The molecule has 0 unspecified atom stereocenters. The highest BCUT2D eigenvalue weighted by Crippen LogP contribution is 2.25. The minimum Gasteiger partial charge on any atom is -0.492 e. The van der Waals surface area contributed by atoms with Gasteiger partial charge in [-0.05, 0) is 86.0 Å². The van der Waals surface area contributed by atoms with Crippen LogP contribution in [0.25, 0.3) is 0 Å². The molecule has 0 fully saturated rings. The molecule has 0 aliphatic heterocycles. The normalized spacial score (nSPS) is 11.2. The number of ether oxygens (including phenoxy) is 1. The molecule has 0 heterocycles. The Balaban J connectivity index is 1.70. The van der Waals surface area contributed by atoms with E-state index in [2.05, 4.69) is 11.4 Å². The molecule has 0 bridgehead atoms. The molecule has 0 radical (unpaired) electrons. The molecule has 0 aliphatic rings. The number of hydrogen-bond donors (Lipinski definition) is 1. The highest BCUT2D eigenvalue weighted by molar-refractivity contribution is 7.92. The van der Waals surface area contributed by atoms with Gasteiger partial charge in [-0.25, -0.2) is 8.42 Å². The number of anilines is 1. The zero-order valence-corrected chi connectivity index (χ0v) is 20.4. The highest BCUT2D eigenvalue weighted by atomic mass is 35.5. The Labute approximate surface area is 200 Å². The number of sulfonamides is 1. The molecular formula is C25H27ClN2O4S. The van der Waals surface area contributed by atoms with Crippen LogP contribution in [0.2, 0.25) is 5.02 Å². The Morgan fingerprint density at radius 1 is 0.939 bits per heavy atom. The monoisotopic (exact) mass is 486 g/mol. The summed E-state index contributed by atoms with van der Waals surface area (Å²) in [6, 6.07) is 18.8. The Morgan fingerprint density at radius 3 is 2.24 bits per heavy atom. The average Bonchev–Trinajstić information content (AvgIpc) is 2.74. The molecule has 0 spiro atoms. The Kier molecular flexibility index (Phi) is 8.00. The van der Waals surface area contributed by atoms with E-state index in [1.807, 2.05) is 39.0 Å². The van der Waals surface area contributed by atoms with E-state index in [9.17, 15) is 13.2 Å². The lowest BCUT2D eigenvalue weighted by Crippen LogP contribution is -2.42. The topological polar surface area (TPSA) is 75.7 Å². The van der Waals surface area contributed by atoms with Gasteiger partial charge in [-0.3, -0.25) is 9.10 Å². The fourth-order valence-corrected chi connectivity index (χ4v) is 4.93. The molecule has 0 aromatic heterocycles. The second-order valence-corrected chi connectivity index (χ2v) is 10.1. The smallest absolute Gasteiger partial charge is 0.264 e. The van der Waals surface area contributed by atoms with Crippen molar-refractivity contribution in [1.29, 1.82) is 0 Å². The van der Waals surface area contributed by atoms with Crippen LogP contribution in [0.5, 0.6) is 5.75 Å². The van der Waals surface area contributed by atoms with Crippen LogP contribution < -0.4 is 14.4 Å². The van der Waals surface area contributed by atoms with Gasteiger partial charge in [-0.2, -0.15) is 0 Å². The van der Waals surface area contributed by atoms with Crippen LogP contribution in [-0.2, 0) is 14.8 Å². The first-order valence-electron chi connectivity index (χ1n) is 10.5. The largest absolute Gasteiger partial charge is 0.492 e. The third-order valence-corrected chi connectivity index (χ3v) is 6.91. The molecular weight excluding hydrogens is 460 g/mol. The molecule has 0 aliphatic carbocycles. The maximum absolute atomic E-state index is 13.3. The van der Waals surface area contributed by atoms with Crippen molar-refractivity contribution in [2.24, 2.45) is 0 Å². The first-order valence-corrected chi connectivity index (χ1v) is 12.3. The van der Waals surface area contributed by atoms with E-state index in [0.717, 1.165) is 26.7 Å². The van der Waals surface area contributed by atoms with Crippen molar-refractivity contribution in [2.45, 2.75) is 25.7 Å². The lowest BCUT2D eigenvalue weighted by atomic mass is 10.1. The summed E-state index contributed by atoms with van der Waals surface area (Å²) in [6.07, 6.45) is 0. The van der Waals surface area contributed by atoms with E-state index >= 15 is 0 Å². The summed E-state index contributed by atoms with van der Waals surface area (Å²) in [5.41, 5.74) is 3.48. The van der Waals surface area contributed by atoms with Gasteiger partial charge in [0.1, 0.15) is 18.9 Å². The summed E-state index contributed by atoms with van der Waals surface area (Å²) in [6.45, 7) is 5.99. The van der Waals surface area contributed by atoms with Crippen LogP contribution in [0.15, 0.2) is 71.6 Å². The minimum absolute atomic E-state index is 0.0550. The first-order chi connectivity index (χ1) is 15.6. The van der Waals surface area contributed by atoms with Gasteiger partial charge in [0, 0.05) is 5.02 Å². The number of carbonyl (C=O) groups is 1. The molecule has 8 heteroatoms. The number of benzene rings is 3. The second kappa shape index (κ2) is 10.7. The Morgan fingerprint density at radius 2 is 1.61 bits per heavy atom. The van der Waals surface area contributed by atoms with Gasteiger partial charge in [0.25, 0.3) is 10.0 Å². The van der Waals surface area contributed by atoms with Crippen LogP contribution >= 0.6 is 11.6 Å². The van der Waals surface area contributed by atoms with E-state index in [1.54, 1.807) is 18.2 Å². The standard InChI is InChI=1S/C25H27ClN2O4S/c1-18-5-4-6-22(14-18)28(33(30,31)24-9-7-21(26)8-10-24)17-25(29)27-11-12-32-23-15-19(2)13-20(3)16-23/h4-10,13-16H,11-12,17H2,1-3H3,(H,27,29). The maximum atomic E-state index is 13.3. The molecule has 1 amide bonds. The first kappa shape index (κ1) is 24.6. The second-order valence-electron chi connectivity index (χ2n) is 7.83. The highest BCUT2D eigenvalue weighted by Gasteiger charge is 2.27. The summed E-state index contributed by atoms with van der Waals surface area (Å²) >= 11 is 5.91. The Bertz CT molecular complexity index is 1210. The third-order valence-electron chi connectivity index (χ3n) is 4.87. The van der Waals surface area contributed by atoms with Gasteiger partial charge >= 0.3 is 0 Å². The molecule has 0 saturated carbocycles. The number of halogens is 1. The third kappa shape index (κ3) is 6.73. The number of hydrogen-bond acceptors (Lipinski definition) is 4. The lowest BCUT2D eigenvalue weighted by Gasteiger charge is -2.24. The van der Waals surface area contributed by atoms with Gasteiger partial charge in [0.15, 0.2) is 0 Å². The van der Waals surface area contributed by atoms with E-state index in [1.165, 1.54) is 24.3 Å². The van der Waals surface area contributed by atoms with Gasteiger partial charge in [-0.15, -0.1) is 0 Å². The molecule has 0 atom stereocenters. The summed E-state index contributed by atoms with van der Waals surface area (Å²) in [7, 11) is -3.98. The summed E-state index contributed by atoms with van der Waals surface area (Å²) in [5, 5.41) is 3.17. The van der Waals surface area contributed by atoms with Gasteiger partial charge in [0.05, 0.1) is 17.1 Å². The SMILES string of the molecule is Cc1cc(C)cc(OCCNC(=O)CN(c2cccc(C)c2)S(=O)(=O)c2ccc(Cl)cc2)c1. The number of carbonyl (C=O) groups excluding carboxylic acids is 1. The minimum atomic E-state index is -3.98. The summed E-state index contributed by atoms with van der Waals surface area (Å²) in [4.78, 5) is 12.7. The van der Waals surface area contributed by atoms with Crippen LogP contribution in [0.1, 0.15) is 16.7 Å². The zero-order chi connectivity index (χ0) is 24.0. The van der Waals surface area contributed by atoms with Crippen molar-refractivity contribution in [3.05, 3.63) is 88.4 Å². The van der Waals surface area contributed by atoms with Crippen LogP contribution in [-0.4, -0.2) is 34.0 Å². The summed E-state index contributed by atoms with van der Waals surface area (Å²) < 4.78 is 33.5. The molecule has 0 saturated heterocycles. The predicted molar refractivity (Wildman–Crippen MR) is 132 cm³/mol. The van der Waals surface area contributed by atoms with Crippen molar-refractivity contribution in [3.8, 4) is 5.75 Å². The molecule has 3 aromatic carbocycles. The Hall–Kier alpha value is -3.03. The van der Waals surface area contributed by atoms with Crippen molar-refractivity contribution >= 4 is 33.2 Å². The molecule has 174 valence electrons. The number of nitrogens with zero attached hydrogens (tertiary/aromatic N) is 1. The van der Waals surface area contributed by atoms with E-state index < -0.39 is 15.9 Å². The van der Waals surface area contributed by atoms with Gasteiger partial charge < -0.3 is 10.1 Å². The molecule has 3 aromatic rings. The molecule has 3 rings (SSSR count). The quantitative estimate of drug-likeness (QED) is 0.446. The zero-order valence-electron chi connectivity index (χ0n) is 18.8. The van der Waals surface area contributed by atoms with Crippen LogP contribution in [0.4, 0.5) is 5.69 Å².